The van der Waals surface area contributed by atoms with Crippen LogP contribution in [-0.2, 0) is 12.8 Å². The van der Waals surface area contributed by atoms with Gasteiger partial charge in [0.05, 0.1) is 0 Å². The van der Waals surface area contributed by atoms with E-state index in [0.717, 1.165) is 24.8 Å². The van der Waals surface area contributed by atoms with E-state index in [0.29, 0.717) is 24.7 Å². The highest BCUT2D eigenvalue weighted by Crippen LogP contribution is 2.26. The van der Waals surface area contributed by atoms with Gasteiger partial charge in [0.2, 0.25) is 5.89 Å². The van der Waals surface area contributed by atoms with Crippen LogP contribution in [0, 0.1) is 5.41 Å². The lowest BCUT2D eigenvalue weighted by molar-refractivity contribution is 0.289. The number of rotatable bonds is 7. The number of aromatic nitrogens is 2. The van der Waals surface area contributed by atoms with Crippen molar-refractivity contribution in [3.63, 3.8) is 0 Å². The number of benzene rings is 1. The Hall–Kier alpha value is -1.88. The molecule has 0 atom stereocenters. The Morgan fingerprint density at radius 2 is 1.90 bits per heavy atom. The van der Waals surface area contributed by atoms with Gasteiger partial charge in [0.15, 0.2) is 5.82 Å². The van der Waals surface area contributed by atoms with Crippen molar-refractivity contribution in [1.29, 1.82) is 0 Å². The summed E-state index contributed by atoms with van der Waals surface area (Å²) in [4.78, 5) is 4.42. The minimum atomic E-state index is 0.195. The lowest BCUT2D eigenvalue weighted by atomic mass is 9.84. The standard InChI is InChI=1S/C16H23N3O2/c1-16(2,9-10-17)8-7-15-18-14(19-21-15)11-12-3-5-13(20)6-4-12/h3-6,20H,7-11,17H2,1-2H3. The fourth-order valence-corrected chi connectivity index (χ4v) is 2.22. The van der Waals surface area contributed by atoms with E-state index in [1.165, 1.54) is 0 Å². The van der Waals surface area contributed by atoms with E-state index < -0.39 is 0 Å². The maximum atomic E-state index is 9.26. The molecule has 0 aliphatic carbocycles. The Kier molecular flexibility index (Phi) is 4.96. The molecule has 2 aromatic rings. The smallest absolute Gasteiger partial charge is 0.226 e. The monoisotopic (exact) mass is 289 g/mol. The topological polar surface area (TPSA) is 85.2 Å². The molecule has 0 spiro atoms. The second kappa shape index (κ2) is 6.72. The van der Waals surface area contributed by atoms with Crippen LogP contribution in [0.1, 0.15) is 44.0 Å². The molecular weight excluding hydrogens is 266 g/mol. The van der Waals surface area contributed by atoms with Crippen LogP contribution in [0.4, 0.5) is 0 Å². The molecule has 1 aromatic heterocycles. The Labute approximate surface area is 125 Å². The van der Waals surface area contributed by atoms with Crippen molar-refractivity contribution >= 4 is 0 Å². The summed E-state index contributed by atoms with van der Waals surface area (Å²) in [5.41, 5.74) is 6.85. The molecule has 3 N–H and O–H groups in total. The van der Waals surface area contributed by atoms with Gasteiger partial charge in [-0.15, -0.1) is 0 Å². The third kappa shape index (κ3) is 4.86. The van der Waals surface area contributed by atoms with Crippen LogP contribution in [-0.4, -0.2) is 21.8 Å². The zero-order valence-electron chi connectivity index (χ0n) is 12.7. The van der Waals surface area contributed by atoms with Gasteiger partial charge in [0, 0.05) is 12.8 Å². The molecule has 21 heavy (non-hydrogen) atoms. The molecule has 0 aliphatic rings. The van der Waals surface area contributed by atoms with Gasteiger partial charge >= 0.3 is 0 Å². The summed E-state index contributed by atoms with van der Waals surface area (Å²) in [6.45, 7) is 5.10. The van der Waals surface area contributed by atoms with E-state index >= 15 is 0 Å². The number of nitrogens with two attached hydrogens (primary N) is 1. The second-order valence-corrected chi connectivity index (χ2v) is 6.15. The van der Waals surface area contributed by atoms with E-state index in [2.05, 4.69) is 24.0 Å². The van der Waals surface area contributed by atoms with Gasteiger partial charge in [-0.2, -0.15) is 4.98 Å². The van der Waals surface area contributed by atoms with Gasteiger partial charge in [0.1, 0.15) is 5.75 Å². The molecule has 0 unspecified atom stereocenters. The van der Waals surface area contributed by atoms with Crippen molar-refractivity contribution in [2.24, 2.45) is 11.1 Å². The molecule has 0 saturated carbocycles. The molecule has 114 valence electrons. The van der Waals surface area contributed by atoms with Gasteiger partial charge < -0.3 is 15.4 Å². The highest BCUT2D eigenvalue weighted by Gasteiger charge is 2.18. The Balaban J connectivity index is 1.91. The first-order chi connectivity index (χ1) is 9.98. The molecule has 5 heteroatoms. The molecule has 0 radical (unpaired) electrons. The fraction of sp³-hybridized carbons (Fsp3) is 0.500. The number of phenolic OH excluding ortho intramolecular Hbond substituents is 1. The zero-order valence-corrected chi connectivity index (χ0v) is 12.7. The predicted molar refractivity (Wildman–Crippen MR) is 81.0 cm³/mol. The van der Waals surface area contributed by atoms with Crippen LogP contribution in [0.3, 0.4) is 0 Å². The van der Waals surface area contributed by atoms with Crippen LogP contribution in [0.15, 0.2) is 28.8 Å². The lowest BCUT2D eigenvalue weighted by Crippen LogP contribution is -2.17. The van der Waals surface area contributed by atoms with Crippen molar-refractivity contribution in [2.45, 2.75) is 39.5 Å². The van der Waals surface area contributed by atoms with Crippen molar-refractivity contribution in [3.05, 3.63) is 41.5 Å². The summed E-state index contributed by atoms with van der Waals surface area (Å²) in [6, 6.07) is 7.03. The summed E-state index contributed by atoms with van der Waals surface area (Å²) >= 11 is 0. The Morgan fingerprint density at radius 3 is 2.57 bits per heavy atom. The van der Waals surface area contributed by atoms with E-state index in [4.69, 9.17) is 10.3 Å². The largest absolute Gasteiger partial charge is 0.508 e. The minimum absolute atomic E-state index is 0.195. The number of hydrogen-bond acceptors (Lipinski definition) is 5. The molecule has 0 aliphatic heterocycles. The number of aromatic hydroxyl groups is 1. The molecule has 1 heterocycles. The minimum Gasteiger partial charge on any atom is -0.508 e. The van der Waals surface area contributed by atoms with E-state index in [-0.39, 0.29) is 11.2 Å². The third-order valence-corrected chi connectivity index (χ3v) is 3.65. The first-order valence-electron chi connectivity index (χ1n) is 7.28. The number of nitrogens with zero attached hydrogens (tertiary/aromatic N) is 2. The van der Waals surface area contributed by atoms with Gasteiger partial charge in [-0.05, 0) is 42.5 Å². The highest BCUT2D eigenvalue weighted by molar-refractivity contribution is 5.27. The number of aryl methyl sites for hydroxylation is 1. The number of hydrogen-bond donors (Lipinski definition) is 2. The van der Waals surface area contributed by atoms with E-state index in [9.17, 15) is 5.11 Å². The third-order valence-electron chi connectivity index (χ3n) is 3.65. The van der Waals surface area contributed by atoms with Gasteiger partial charge in [0.25, 0.3) is 0 Å². The average molecular weight is 289 g/mol. The fourth-order valence-electron chi connectivity index (χ4n) is 2.22. The molecular formula is C16H23N3O2. The summed E-state index contributed by atoms with van der Waals surface area (Å²) in [5.74, 6) is 1.61. The summed E-state index contributed by atoms with van der Waals surface area (Å²) in [5, 5.41) is 13.3. The quantitative estimate of drug-likeness (QED) is 0.818. The molecule has 0 amide bonds. The summed E-state index contributed by atoms with van der Waals surface area (Å²) in [6.07, 6.45) is 3.35. The van der Waals surface area contributed by atoms with Crippen LogP contribution in [0.25, 0.3) is 0 Å². The van der Waals surface area contributed by atoms with E-state index in [1.54, 1.807) is 12.1 Å². The van der Waals surface area contributed by atoms with Crippen molar-refractivity contribution in [1.82, 2.24) is 10.1 Å². The van der Waals surface area contributed by atoms with Gasteiger partial charge in [-0.25, -0.2) is 0 Å². The molecule has 0 fully saturated rings. The van der Waals surface area contributed by atoms with Crippen LogP contribution in [0.5, 0.6) is 5.75 Å². The Morgan fingerprint density at radius 1 is 1.19 bits per heavy atom. The molecule has 5 nitrogen and oxygen atoms in total. The molecule has 2 rings (SSSR count). The first-order valence-corrected chi connectivity index (χ1v) is 7.28. The van der Waals surface area contributed by atoms with Crippen LogP contribution >= 0.6 is 0 Å². The average Bonchev–Trinajstić information content (AvgIpc) is 2.87. The SMILES string of the molecule is CC(C)(CCN)CCc1nc(Cc2ccc(O)cc2)no1. The normalized spacial score (nSPS) is 11.8. The molecule has 1 aromatic carbocycles. The summed E-state index contributed by atoms with van der Waals surface area (Å²) < 4.78 is 5.29. The maximum absolute atomic E-state index is 9.26. The van der Waals surface area contributed by atoms with Crippen LogP contribution < -0.4 is 5.73 Å². The second-order valence-electron chi connectivity index (χ2n) is 6.15. The highest BCUT2D eigenvalue weighted by atomic mass is 16.5. The van der Waals surface area contributed by atoms with Crippen LogP contribution in [0.2, 0.25) is 0 Å². The van der Waals surface area contributed by atoms with E-state index in [1.807, 2.05) is 12.1 Å². The predicted octanol–water partition coefficient (Wildman–Crippen LogP) is 2.67. The lowest BCUT2D eigenvalue weighted by Gasteiger charge is -2.22. The first kappa shape index (κ1) is 15.5. The van der Waals surface area contributed by atoms with Gasteiger partial charge in [-0.1, -0.05) is 31.1 Å². The van der Waals surface area contributed by atoms with Crippen molar-refractivity contribution in [3.8, 4) is 5.75 Å². The Bertz CT molecular complexity index is 561. The molecule has 0 bridgehead atoms. The van der Waals surface area contributed by atoms with Crippen molar-refractivity contribution < 1.29 is 9.63 Å². The van der Waals surface area contributed by atoms with Crippen molar-refractivity contribution in [2.75, 3.05) is 6.54 Å². The summed E-state index contributed by atoms with van der Waals surface area (Å²) in [7, 11) is 0. The maximum Gasteiger partial charge on any atom is 0.226 e. The molecule has 0 saturated heterocycles. The number of phenols is 1. The van der Waals surface area contributed by atoms with Gasteiger partial charge in [-0.3, -0.25) is 0 Å². The zero-order chi connectivity index (χ0) is 15.3.